The second kappa shape index (κ2) is 7.01. The Kier molecular flexibility index (Phi) is 4.99. The molecule has 0 bridgehead atoms. The maximum absolute atomic E-state index is 9.39. The van der Waals surface area contributed by atoms with Crippen molar-refractivity contribution < 1.29 is 0 Å². The third kappa shape index (κ3) is 3.36. The van der Waals surface area contributed by atoms with Crippen LogP contribution in [0.3, 0.4) is 0 Å². The van der Waals surface area contributed by atoms with Crippen molar-refractivity contribution in [2.45, 2.75) is 0 Å². The number of pyridine rings is 1. The monoisotopic (exact) mass is 392 g/mol. The lowest BCUT2D eigenvalue weighted by Crippen LogP contribution is -1.94. The minimum atomic E-state index is 0.390. The predicted octanol–water partition coefficient (Wildman–Crippen LogP) is 6.90. The van der Waals surface area contributed by atoms with Gasteiger partial charge in [-0.25, -0.2) is 4.98 Å². The molecule has 0 fully saturated rings. The van der Waals surface area contributed by atoms with Crippen LogP contribution in [-0.2, 0) is 0 Å². The lowest BCUT2D eigenvalue weighted by Gasteiger charge is -2.10. The molecule has 1 heterocycles. The lowest BCUT2D eigenvalue weighted by atomic mass is 10.0. The Morgan fingerprint density at radius 3 is 1.96 bits per heavy atom. The van der Waals surface area contributed by atoms with Crippen LogP contribution >= 0.6 is 46.4 Å². The molecule has 1 aromatic heterocycles. The highest BCUT2D eigenvalue weighted by atomic mass is 35.5. The molecule has 2 aromatic carbocycles. The molecule has 0 N–H and O–H groups in total. The van der Waals surface area contributed by atoms with Gasteiger partial charge in [0.1, 0.15) is 6.07 Å². The summed E-state index contributed by atoms with van der Waals surface area (Å²) in [6.07, 6.45) is 0. The van der Waals surface area contributed by atoms with E-state index in [1.54, 1.807) is 48.5 Å². The summed E-state index contributed by atoms with van der Waals surface area (Å²) in [6.45, 7) is 0. The third-order valence-electron chi connectivity index (χ3n) is 3.40. The van der Waals surface area contributed by atoms with Gasteiger partial charge >= 0.3 is 0 Å². The van der Waals surface area contributed by atoms with Crippen LogP contribution < -0.4 is 0 Å². The Morgan fingerprint density at radius 2 is 1.33 bits per heavy atom. The van der Waals surface area contributed by atoms with Gasteiger partial charge in [-0.2, -0.15) is 5.26 Å². The molecule has 6 heteroatoms. The Labute approximate surface area is 159 Å². The third-order valence-corrected chi connectivity index (χ3v) is 4.53. The minimum Gasteiger partial charge on any atom is -0.246 e. The second-order valence-electron chi connectivity index (χ2n) is 4.95. The van der Waals surface area contributed by atoms with E-state index in [0.29, 0.717) is 48.2 Å². The fraction of sp³-hybridized carbons (Fsp3) is 0. The Balaban J connectivity index is 2.25. The number of nitriles is 1. The van der Waals surface area contributed by atoms with Crippen LogP contribution in [0.1, 0.15) is 5.56 Å². The van der Waals surface area contributed by atoms with Crippen LogP contribution in [0.5, 0.6) is 0 Å². The molecule has 0 amide bonds. The van der Waals surface area contributed by atoms with Crippen molar-refractivity contribution in [3.63, 3.8) is 0 Å². The zero-order valence-electron chi connectivity index (χ0n) is 12.0. The summed E-state index contributed by atoms with van der Waals surface area (Å²) in [7, 11) is 0. The van der Waals surface area contributed by atoms with E-state index >= 15 is 0 Å². The van der Waals surface area contributed by atoms with Gasteiger partial charge in [-0.05, 0) is 48.5 Å². The molecule has 3 aromatic rings. The summed E-state index contributed by atoms with van der Waals surface area (Å²) in [5.41, 5.74) is 2.68. The molecular formula is C18H8Cl4N2. The normalized spacial score (nSPS) is 10.5. The highest BCUT2D eigenvalue weighted by Gasteiger charge is 2.14. The van der Waals surface area contributed by atoms with Crippen LogP contribution in [0.25, 0.3) is 22.5 Å². The van der Waals surface area contributed by atoms with E-state index in [-0.39, 0.29) is 0 Å². The van der Waals surface area contributed by atoms with Gasteiger partial charge < -0.3 is 0 Å². The van der Waals surface area contributed by atoms with Gasteiger partial charge in [0.15, 0.2) is 0 Å². The van der Waals surface area contributed by atoms with E-state index in [9.17, 15) is 5.26 Å². The number of hydrogen-bond acceptors (Lipinski definition) is 2. The largest absolute Gasteiger partial charge is 0.246 e. The van der Waals surface area contributed by atoms with Crippen LogP contribution in [0.2, 0.25) is 20.1 Å². The molecule has 0 spiro atoms. The summed E-state index contributed by atoms with van der Waals surface area (Å²) < 4.78 is 0. The van der Waals surface area contributed by atoms with Gasteiger partial charge in [0, 0.05) is 21.2 Å². The Hall–Kier alpha value is -1.76. The molecule has 3 rings (SSSR count). The predicted molar refractivity (Wildman–Crippen MR) is 99.9 cm³/mol. The van der Waals surface area contributed by atoms with Crippen molar-refractivity contribution in [3.05, 3.63) is 74.2 Å². The molecular weight excluding hydrogens is 386 g/mol. The molecule has 0 atom stereocenters. The van der Waals surface area contributed by atoms with Gasteiger partial charge in [0.2, 0.25) is 0 Å². The quantitative estimate of drug-likeness (QED) is 0.474. The van der Waals surface area contributed by atoms with Crippen molar-refractivity contribution in [1.29, 1.82) is 5.26 Å². The van der Waals surface area contributed by atoms with Crippen LogP contribution in [0.15, 0.2) is 48.5 Å². The molecule has 24 heavy (non-hydrogen) atoms. The maximum Gasteiger partial charge on any atom is 0.101 e. The summed E-state index contributed by atoms with van der Waals surface area (Å²) in [6, 6.07) is 15.7. The number of nitrogens with zero attached hydrogens (tertiary/aromatic N) is 2. The van der Waals surface area contributed by atoms with E-state index in [1.807, 2.05) is 0 Å². The molecule has 0 unspecified atom stereocenters. The highest BCUT2D eigenvalue weighted by molar-refractivity contribution is 6.36. The summed E-state index contributed by atoms with van der Waals surface area (Å²) in [4.78, 5) is 4.58. The first-order valence-electron chi connectivity index (χ1n) is 6.81. The standard InChI is InChI=1S/C18H8Cl4N2/c19-11-2-4-15(21)13(7-11)17-6-1-10(9-23)18(24-17)14-8-12(20)3-5-16(14)22/h1-8H. The van der Waals surface area contributed by atoms with Crippen LogP contribution in [0.4, 0.5) is 0 Å². The van der Waals surface area contributed by atoms with Gasteiger partial charge in [-0.1, -0.05) is 46.4 Å². The minimum absolute atomic E-state index is 0.390. The molecule has 0 radical (unpaired) electrons. The molecule has 0 saturated heterocycles. The average Bonchev–Trinajstić information content (AvgIpc) is 2.58. The molecule has 118 valence electrons. The van der Waals surface area contributed by atoms with Crippen molar-refractivity contribution >= 4 is 46.4 Å². The van der Waals surface area contributed by atoms with E-state index in [4.69, 9.17) is 46.4 Å². The Bertz CT molecular complexity index is 977. The topological polar surface area (TPSA) is 36.7 Å². The number of aromatic nitrogens is 1. The van der Waals surface area contributed by atoms with Crippen molar-refractivity contribution in [1.82, 2.24) is 4.98 Å². The number of rotatable bonds is 2. The first-order valence-corrected chi connectivity index (χ1v) is 8.33. The summed E-state index contributed by atoms with van der Waals surface area (Å²) in [5.74, 6) is 0. The van der Waals surface area contributed by atoms with E-state index in [2.05, 4.69) is 11.1 Å². The van der Waals surface area contributed by atoms with Crippen molar-refractivity contribution in [2.24, 2.45) is 0 Å². The van der Waals surface area contributed by atoms with Crippen molar-refractivity contribution in [2.75, 3.05) is 0 Å². The SMILES string of the molecule is N#Cc1ccc(-c2cc(Cl)ccc2Cl)nc1-c1cc(Cl)ccc1Cl. The first kappa shape index (κ1) is 17.1. The van der Waals surface area contributed by atoms with Gasteiger partial charge in [0.25, 0.3) is 0 Å². The number of benzene rings is 2. The van der Waals surface area contributed by atoms with Gasteiger partial charge in [-0.15, -0.1) is 0 Å². The molecule has 0 aliphatic heterocycles. The van der Waals surface area contributed by atoms with E-state index in [1.165, 1.54) is 0 Å². The van der Waals surface area contributed by atoms with Crippen LogP contribution in [-0.4, -0.2) is 4.98 Å². The Morgan fingerprint density at radius 1 is 0.750 bits per heavy atom. The molecule has 2 nitrogen and oxygen atoms in total. The van der Waals surface area contributed by atoms with Gasteiger partial charge in [-0.3, -0.25) is 0 Å². The van der Waals surface area contributed by atoms with E-state index < -0.39 is 0 Å². The van der Waals surface area contributed by atoms with Crippen molar-refractivity contribution in [3.8, 4) is 28.6 Å². The van der Waals surface area contributed by atoms with Gasteiger partial charge in [0.05, 0.1) is 27.0 Å². The first-order chi connectivity index (χ1) is 11.5. The summed E-state index contributed by atoms with van der Waals surface area (Å²) >= 11 is 24.6. The zero-order valence-corrected chi connectivity index (χ0v) is 15.0. The van der Waals surface area contributed by atoms with E-state index in [0.717, 1.165) is 0 Å². The lowest BCUT2D eigenvalue weighted by molar-refractivity contribution is 1.30. The molecule has 0 aliphatic rings. The zero-order chi connectivity index (χ0) is 17.3. The highest BCUT2D eigenvalue weighted by Crippen LogP contribution is 2.35. The fourth-order valence-electron chi connectivity index (χ4n) is 2.28. The number of hydrogen-bond donors (Lipinski definition) is 0. The molecule has 0 saturated carbocycles. The fourth-order valence-corrected chi connectivity index (χ4v) is 3.04. The average molecular weight is 394 g/mol. The van der Waals surface area contributed by atoms with Crippen LogP contribution in [0, 0.1) is 11.3 Å². The second-order valence-corrected chi connectivity index (χ2v) is 6.64. The molecule has 0 aliphatic carbocycles. The number of halogens is 4. The smallest absolute Gasteiger partial charge is 0.101 e. The maximum atomic E-state index is 9.39. The summed E-state index contributed by atoms with van der Waals surface area (Å²) in [5, 5.41) is 11.4.